The quantitative estimate of drug-likeness (QED) is 0.895. The van der Waals surface area contributed by atoms with Crippen LogP contribution in [0.3, 0.4) is 0 Å². The van der Waals surface area contributed by atoms with E-state index in [2.05, 4.69) is 17.4 Å². The van der Waals surface area contributed by atoms with Gasteiger partial charge in [0.1, 0.15) is 0 Å². The van der Waals surface area contributed by atoms with E-state index >= 15 is 0 Å². The molecule has 4 nitrogen and oxygen atoms in total. The molecule has 0 bridgehead atoms. The lowest BCUT2D eigenvalue weighted by Crippen LogP contribution is -2.28. The molecule has 1 aromatic carbocycles. The number of rotatable bonds is 5. The average Bonchev–Trinajstić information content (AvgIpc) is 2.86. The molecule has 0 radical (unpaired) electrons. The molecule has 1 N–H and O–H groups in total. The fourth-order valence-electron chi connectivity index (χ4n) is 2.00. The molecule has 0 spiro atoms. The Morgan fingerprint density at radius 3 is 2.68 bits per heavy atom. The lowest BCUT2D eigenvalue weighted by Gasteiger charge is -2.17. The largest absolute Gasteiger partial charge is 0.351 e. The van der Waals surface area contributed by atoms with E-state index in [0.717, 1.165) is 18.4 Å². The Hall–Kier alpha value is -2.10. The Bertz CT molecular complexity index is 534. The fraction of sp³-hybridized carbons (Fsp3) is 0.333. The maximum atomic E-state index is 12.1. The van der Waals surface area contributed by atoms with Gasteiger partial charge in [0.05, 0.1) is 11.7 Å². The van der Waals surface area contributed by atoms with Crippen LogP contribution in [0.4, 0.5) is 0 Å². The number of amides is 1. The number of benzene rings is 1. The number of aryl methyl sites for hydroxylation is 1. The number of carbonyl (C=O) groups is 1. The van der Waals surface area contributed by atoms with E-state index in [0.29, 0.717) is 5.69 Å². The summed E-state index contributed by atoms with van der Waals surface area (Å²) in [5, 5.41) is 6.72. The second-order valence-corrected chi connectivity index (χ2v) is 4.56. The Balaban J connectivity index is 2.11. The molecule has 4 heteroatoms. The zero-order chi connectivity index (χ0) is 13.7. The smallest absolute Gasteiger partial charge is 0.290 e. The number of carbonyl (C=O) groups excluding carboxylic acids is 1. The molecule has 0 aliphatic carbocycles. The summed E-state index contributed by atoms with van der Waals surface area (Å²) in [6.45, 7) is 3.89. The summed E-state index contributed by atoms with van der Waals surface area (Å²) in [5.74, 6) is 0.0393. The molecule has 1 amide bonds. The van der Waals surface area contributed by atoms with Gasteiger partial charge < -0.3 is 9.84 Å². The molecule has 0 aliphatic rings. The first-order valence-electron chi connectivity index (χ1n) is 6.50. The summed E-state index contributed by atoms with van der Waals surface area (Å²) < 4.78 is 4.98. The van der Waals surface area contributed by atoms with Crippen LogP contribution in [-0.4, -0.2) is 11.1 Å². The highest BCUT2D eigenvalue weighted by Gasteiger charge is 2.17. The van der Waals surface area contributed by atoms with E-state index in [9.17, 15) is 4.79 Å². The van der Waals surface area contributed by atoms with Crippen molar-refractivity contribution in [1.29, 1.82) is 0 Å². The molecule has 1 atom stereocenters. The minimum atomic E-state index is -0.220. The maximum absolute atomic E-state index is 12.1. The predicted molar refractivity (Wildman–Crippen MR) is 72.8 cm³/mol. The van der Waals surface area contributed by atoms with Gasteiger partial charge in [0.2, 0.25) is 5.76 Å². The van der Waals surface area contributed by atoms with Gasteiger partial charge in [-0.1, -0.05) is 48.8 Å². The van der Waals surface area contributed by atoms with Crippen LogP contribution in [0, 0.1) is 6.92 Å². The van der Waals surface area contributed by atoms with Gasteiger partial charge in [-0.3, -0.25) is 4.79 Å². The molecule has 1 aromatic heterocycles. The van der Waals surface area contributed by atoms with E-state index in [-0.39, 0.29) is 17.7 Å². The summed E-state index contributed by atoms with van der Waals surface area (Å²) in [6, 6.07) is 11.6. The molecular formula is C15H18N2O2. The van der Waals surface area contributed by atoms with E-state index < -0.39 is 0 Å². The second-order valence-electron chi connectivity index (χ2n) is 4.56. The van der Waals surface area contributed by atoms with E-state index in [4.69, 9.17) is 4.52 Å². The first-order valence-corrected chi connectivity index (χ1v) is 6.50. The SMILES string of the molecule is CCCC(NC(=O)c1cc(C)no1)c1ccccc1. The number of hydrogen-bond acceptors (Lipinski definition) is 3. The van der Waals surface area contributed by atoms with Crippen LogP contribution in [0.5, 0.6) is 0 Å². The number of aromatic nitrogens is 1. The Morgan fingerprint density at radius 1 is 1.37 bits per heavy atom. The summed E-state index contributed by atoms with van der Waals surface area (Å²) in [7, 11) is 0. The fourth-order valence-corrected chi connectivity index (χ4v) is 2.00. The highest BCUT2D eigenvalue weighted by Crippen LogP contribution is 2.18. The molecule has 0 saturated heterocycles. The number of nitrogens with zero attached hydrogens (tertiary/aromatic N) is 1. The van der Waals surface area contributed by atoms with Gasteiger partial charge in [0.15, 0.2) is 0 Å². The molecule has 0 saturated carbocycles. The van der Waals surface area contributed by atoms with Crippen LogP contribution in [0.25, 0.3) is 0 Å². The third-order valence-electron chi connectivity index (χ3n) is 2.94. The van der Waals surface area contributed by atoms with E-state index in [1.165, 1.54) is 0 Å². The number of hydrogen-bond donors (Lipinski definition) is 1. The molecule has 2 aromatic rings. The third-order valence-corrected chi connectivity index (χ3v) is 2.94. The van der Waals surface area contributed by atoms with Gasteiger partial charge in [-0.2, -0.15) is 0 Å². The molecular weight excluding hydrogens is 240 g/mol. The van der Waals surface area contributed by atoms with Crippen LogP contribution < -0.4 is 5.32 Å². The molecule has 19 heavy (non-hydrogen) atoms. The van der Waals surface area contributed by atoms with Crippen LogP contribution in [0.1, 0.15) is 47.6 Å². The zero-order valence-electron chi connectivity index (χ0n) is 11.2. The van der Waals surface area contributed by atoms with Crippen molar-refractivity contribution in [2.24, 2.45) is 0 Å². The van der Waals surface area contributed by atoms with Crippen molar-refractivity contribution < 1.29 is 9.32 Å². The standard InChI is InChI=1S/C15H18N2O2/c1-3-7-13(12-8-5-4-6-9-12)16-15(18)14-10-11(2)17-19-14/h4-6,8-10,13H,3,7H2,1-2H3,(H,16,18). The van der Waals surface area contributed by atoms with Crippen molar-refractivity contribution in [3.8, 4) is 0 Å². The third kappa shape index (κ3) is 3.44. The van der Waals surface area contributed by atoms with Crippen molar-refractivity contribution in [1.82, 2.24) is 10.5 Å². The first-order chi connectivity index (χ1) is 9.20. The molecule has 1 heterocycles. The summed E-state index contributed by atoms with van der Waals surface area (Å²) >= 11 is 0. The van der Waals surface area contributed by atoms with Crippen LogP contribution >= 0.6 is 0 Å². The van der Waals surface area contributed by atoms with Crippen LogP contribution in [-0.2, 0) is 0 Å². The van der Waals surface area contributed by atoms with E-state index in [1.807, 2.05) is 30.3 Å². The van der Waals surface area contributed by atoms with Gasteiger partial charge in [-0.05, 0) is 18.9 Å². The predicted octanol–water partition coefficient (Wildman–Crippen LogP) is 3.25. The highest BCUT2D eigenvalue weighted by atomic mass is 16.5. The van der Waals surface area contributed by atoms with Crippen molar-refractivity contribution in [3.63, 3.8) is 0 Å². The summed E-state index contributed by atoms with van der Waals surface area (Å²) in [5.41, 5.74) is 1.81. The first kappa shape index (κ1) is 13.3. The average molecular weight is 258 g/mol. The molecule has 100 valence electrons. The minimum Gasteiger partial charge on any atom is -0.351 e. The van der Waals surface area contributed by atoms with Crippen molar-refractivity contribution in [2.45, 2.75) is 32.7 Å². The maximum Gasteiger partial charge on any atom is 0.290 e. The molecule has 0 aliphatic heterocycles. The Morgan fingerprint density at radius 2 is 2.11 bits per heavy atom. The van der Waals surface area contributed by atoms with Gasteiger partial charge >= 0.3 is 0 Å². The van der Waals surface area contributed by atoms with Crippen molar-refractivity contribution in [3.05, 3.63) is 53.4 Å². The summed E-state index contributed by atoms with van der Waals surface area (Å²) in [4.78, 5) is 12.1. The second kappa shape index (κ2) is 6.18. The topological polar surface area (TPSA) is 55.1 Å². The lowest BCUT2D eigenvalue weighted by atomic mass is 10.0. The zero-order valence-corrected chi connectivity index (χ0v) is 11.2. The van der Waals surface area contributed by atoms with Crippen LogP contribution in [0.15, 0.2) is 40.9 Å². The van der Waals surface area contributed by atoms with Gasteiger partial charge in [-0.15, -0.1) is 0 Å². The molecule has 0 fully saturated rings. The minimum absolute atomic E-state index is 0.00380. The summed E-state index contributed by atoms with van der Waals surface area (Å²) in [6.07, 6.45) is 1.89. The van der Waals surface area contributed by atoms with Crippen molar-refractivity contribution in [2.75, 3.05) is 0 Å². The van der Waals surface area contributed by atoms with Gasteiger partial charge in [0.25, 0.3) is 5.91 Å². The molecule has 1 unspecified atom stereocenters. The normalized spacial score (nSPS) is 12.1. The van der Waals surface area contributed by atoms with Gasteiger partial charge in [0, 0.05) is 6.07 Å². The highest BCUT2D eigenvalue weighted by molar-refractivity contribution is 5.91. The number of nitrogens with one attached hydrogen (secondary N) is 1. The van der Waals surface area contributed by atoms with Crippen LogP contribution in [0.2, 0.25) is 0 Å². The van der Waals surface area contributed by atoms with Crippen molar-refractivity contribution >= 4 is 5.91 Å². The Kier molecular flexibility index (Phi) is 4.34. The monoisotopic (exact) mass is 258 g/mol. The van der Waals surface area contributed by atoms with E-state index in [1.54, 1.807) is 13.0 Å². The Labute approximate surface area is 112 Å². The van der Waals surface area contributed by atoms with Gasteiger partial charge in [-0.25, -0.2) is 0 Å². The lowest BCUT2D eigenvalue weighted by molar-refractivity contribution is 0.0897. The molecule has 2 rings (SSSR count).